The molecule has 106 valence electrons. The lowest BCUT2D eigenvalue weighted by molar-refractivity contribution is 0.0702. The van der Waals surface area contributed by atoms with Crippen LogP contribution in [-0.4, -0.2) is 31.9 Å². The molecule has 0 saturated carbocycles. The highest BCUT2D eigenvalue weighted by molar-refractivity contribution is 5.98. The van der Waals surface area contributed by atoms with E-state index in [1.807, 2.05) is 35.4 Å². The fourth-order valence-electron chi connectivity index (χ4n) is 2.78. The number of H-pyrrole nitrogens is 1. The summed E-state index contributed by atoms with van der Waals surface area (Å²) in [6.07, 6.45) is 3.72. The number of nitrogens with zero attached hydrogens (tertiary/aromatic N) is 3. The number of benzene rings is 1. The summed E-state index contributed by atoms with van der Waals surface area (Å²) >= 11 is 0. The third kappa shape index (κ3) is 1.96. The Balaban J connectivity index is 1.64. The summed E-state index contributed by atoms with van der Waals surface area (Å²) in [5, 5.41) is 0.955. The van der Waals surface area contributed by atoms with Gasteiger partial charge >= 0.3 is 0 Å². The average Bonchev–Trinajstić information content (AvgIpc) is 3.11. The predicted molar refractivity (Wildman–Crippen MR) is 79.7 cm³/mol. The lowest BCUT2D eigenvalue weighted by Gasteiger charge is -2.27. The van der Waals surface area contributed by atoms with E-state index in [1.165, 1.54) is 0 Å². The van der Waals surface area contributed by atoms with Gasteiger partial charge in [0.05, 0.1) is 6.54 Å². The van der Waals surface area contributed by atoms with Crippen LogP contribution < -0.4 is 5.73 Å². The minimum absolute atomic E-state index is 0.000906. The zero-order valence-corrected chi connectivity index (χ0v) is 11.4. The highest BCUT2D eigenvalue weighted by Crippen LogP contribution is 2.20. The van der Waals surface area contributed by atoms with Crippen LogP contribution in [0.4, 0.5) is 5.69 Å². The lowest BCUT2D eigenvalue weighted by Crippen LogP contribution is -2.38. The first-order valence-corrected chi connectivity index (χ1v) is 6.88. The molecule has 1 aromatic carbocycles. The van der Waals surface area contributed by atoms with Crippen LogP contribution in [0.1, 0.15) is 16.3 Å². The van der Waals surface area contributed by atoms with Crippen LogP contribution in [0.2, 0.25) is 0 Å². The minimum Gasteiger partial charge on any atom is -0.399 e. The summed E-state index contributed by atoms with van der Waals surface area (Å²) in [5.74, 6) is 0.925. The standard InChI is InChI=1S/C15H15N5O/c16-11-1-2-12-10(7-11)8-13(18-12)15(21)20-6-5-19-4-3-17-14(19)9-20/h1-4,7-8,18H,5-6,9,16H2. The fourth-order valence-corrected chi connectivity index (χ4v) is 2.78. The molecule has 4 rings (SSSR count). The van der Waals surface area contributed by atoms with Gasteiger partial charge in [0.2, 0.25) is 0 Å². The summed E-state index contributed by atoms with van der Waals surface area (Å²) in [4.78, 5) is 21.9. The number of aromatic nitrogens is 3. The summed E-state index contributed by atoms with van der Waals surface area (Å²) < 4.78 is 2.08. The Morgan fingerprint density at radius 1 is 1.29 bits per heavy atom. The van der Waals surface area contributed by atoms with Crippen LogP contribution in [0, 0.1) is 0 Å². The number of carbonyl (C=O) groups excluding carboxylic acids is 1. The van der Waals surface area contributed by atoms with Crippen LogP contribution in [0.15, 0.2) is 36.7 Å². The molecular weight excluding hydrogens is 266 g/mol. The Kier molecular flexibility index (Phi) is 2.50. The first-order valence-electron chi connectivity index (χ1n) is 6.88. The summed E-state index contributed by atoms with van der Waals surface area (Å²) in [6, 6.07) is 7.44. The zero-order chi connectivity index (χ0) is 14.4. The Bertz CT molecular complexity index is 832. The normalized spacial score (nSPS) is 14.4. The third-order valence-electron chi connectivity index (χ3n) is 3.91. The van der Waals surface area contributed by atoms with Gasteiger partial charge in [-0.2, -0.15) is 0 Å². The van der Waals surface area contributed by atoms with E-state index in [2.05, 4.69) is 14.5 Å². The van der Waals surface area contributed by atoms with Crippen molar-refractivity contribution in [2.45, 2.75) is 13.1 Å². The maximum Gasteiger partial charge on any atom is 0.270 e. The Morgan fingerprint density at radius 2 is 2.19 bits per heavy atom. The van der Waals surface area contributed by atoms with Gasteiger partial charge in [-0.25, -0.2) is 4.98 Å². The maximum atomic E-state index is 12.6. The number of carbonyl (C=O) groups is 1. The molecular formula is C15H15N5O. The molecule has 1 aliphatic rings. The maximum absolute atomic E-state index is 12.6. The van der Waals surface area contributed by atoms with Gasteiger partial charge in [-0.3, -0.25) is 4.79 Å². The molecule has 0 fully saturated rings. The molecule has 6 heteroatoms. The molecule has 0 spiro atoms. The number of amides is 1. The van der Waals surface area contributed by atoms with Crippen molar-refractivity contribution in [2.75, 3.05) is 12.3 Å². The molecule has 0 radical (unpaired) electrons. The molecule has 0 atom stereocenters. The Hall–Kier alpha value is -2.76. The van der Waals surface area contributed by atoms with Crippen molar-refractivity contribution in [3.63, 3.8) is 0 Å². The van der Waals surface area contributed by atoms with E-state index in [9.17, 15) is 4.79 Å². The number of nitrogens with one attached hydrogen (secondary N) is 1. The topological polar surface area (TPSA) is 79.9 Å². The van der Waals surface area contributed by atoms with Gasteiger partial charge in [-0.1, -0.05) is 0 Å². The largest absolute Gasteiger partial charge is 0.399 e. The number of rotatable bonds is 1. The van der Waals surface area contributed by atoms with E-state index < -0.39 is 0 Å². The molecule has 0 bridgehead atoms. The molecule has 6 nitrogen and oxygen atoms in total. The van der Waals surface area contributed by atoms with Crippen molar-refractivity contribution in [1.82, 2.24) is 19.4 Å². The van der Waals surface area contributed by atoms with E-state index in [0.29, 0.717) is 24.5 Å². The van der Waals surface area contributed by atoms with Crippen molar-refractivity contribution >= 4 is 22.5 Å². The molecule has 3 heterocycles. The Labute approximate surface area is 121 Å². The highest BCUT2D eigenvalue weighted by Gasteiger charge is 2.23. The quantitative estimate of drug-likeness (QED) is 0.665. The molecule has 21 heavy (non-hydrogen) atoms. The minimum atomic E-state index is -0.000906. The molecule has 0 unspecified atom stereocenters. The molecule has 1 amide bonds. The number of anilines is 1. The van der Waals surface area contributed by atoms with Crippen molar-refractivity contribution in [1.29, 1.82) is 0 Å². The summed E-state index contributed by atoms with van der Waals surface area (Å²) in [6.45, 7) is 2.03. The van der Waals surface area contributed by atoms with Crippen LogP contribution in [0.5, 0.6) is 0 Å². The van der Waals surface area contributed by atoms with E-state index in [1.54, 1.807) is 6.20 Å². The van der Waals surface area contributed by atoms with Crippen molar-refractivity contribution in [3.05, 3.63) is 48.2 Å². The number of hydrogen-bond acceptors (Lipinski definition) is 3. The van der Waals surface area contributed by atoms with Gasteiger partial charge in [-0.05, 0) is 24.3 Å². The number of imidazole rings is 1. The van der Waals surface area contributed by atoms with Crippen LogP contribution in [0.25, 0.3) is 10.9 Å². The number of fused-ring (bicyclic) bond motifs is 2. The lowest BCUT2D eigenvalue weighted by atomic mass is 10.2. The van der Waals surface area contributed by atoms with Crippen molar-refractivity contribution in [2.24, 2.45) is 0 Å². The van der Waals surface area contributed by atoms with Gasteiger partial charge in [0, 0.05) is 42.1 Å². The number of nitrogen functional groups attached to an aromatic ring is 1. The molecule has 2 aromatic heterocycles. The number of hydrogen-bond donors (Lipinski definition) is 2. The SMILES string of the molecule is Nc1ccc2[nH]c(C(=O)N3CCn4ccnc4C3)cc2c1. The highest BCUT2D eigenvalue weighted by atomic mass is 16.2. The fraction of sp³-hybridized carbons (Fsp3) is 0.200. The monoisotopic (exact) mass is 281 g/mol. The van der Waals surface area contributed by atoms with E-state index in [0.717, 1.165) is 23.3 Å². The molecule has 3 aromatic rings. The molecule has 1 aliphatic heterocycles. The first-order chi connectivity index (χ1) is 10.2. The second-order valence-electron chi connectivity index (χ2n) is 5.29. The second-order valence-corrected chi connectivity index (χ2v) is 5.29. The van der Waals surface area contributed by atoms with E-state index >= 15 is 0 Å². The van der Waals surface area contributed by atoms with Gasteiger partial charge in [0.25, 0.3) is 5.91 Å². The smallest absolute Gasteiger partial charge is 0.270 e. The van der Waals surface area contributed by atoms with Crippen LogP contribution in [-0.2, 0) is 13.1 Å². The molecule has 3 N–H and O–H groups in total. The number of aromatic amines is 1. The zero-order valence-electron chi connectivity index (χ0n) is 11.4. The van der Waals surface area contributed by atoms with E-state index in [4.69, 9.17) is 5.73 Å². The van der Waals surface area contributed by atoms with Gasteiger partial charge < -0.3 is 20.2 Å². The van der Waals surface area contributed by atoms with Crippen molar-refractivity contribution < 1.29 is 4.79 Å². The van der Waals surface area contributed by atoms with E-state index in [-0.39, 0.29) is 5.91 Å². The third-order valence-corrected chi connectivity index (χ3v) is 3.91. The predicted octanol–water partition coefficient (Wildman–Crippen LogP) is 1.60. The summed E-state index contributed by atoms with van der Waals surface area (Å²) in [7, 11) is 0. The number of nitrogens with two attached hydrogens (primary N) is 1. The first kappa shape index (κ1) is 12.0. The van der Waals surface area contributed by atoms with Crippen LogP contribution >= 0.6 is 0 Å². The van der Waals surface area contributed by atoms with Crippen molar-refractivity contribution in [3.8, 4) is 0 Å². The van der Waals surface area contributed by atoms with Gasteiger partial charge in [-0.15, -0.1) is 0 Å². The van der Waals surface area contributed by atoms with Gasteiger partial charge in [0.1, 0.15) is 11.5 Å². The second kappa shape index (κ2) is 4.37. The average molecular weight is 281 g/mol. The Morgan fingerprint density at radius 3 is 3.10 bits per heavy atom. The van der Waals surface area contributed by atoms with Gasteiger partial charge in [0.15, 0.2) is 0 Å². The van der Waals surface area contributed by atoms with Crippen LogP contribution in [0.3, 0.4) is 0 Å². The summed E-state index contributed by atoms with van der Waals surface area (Å²) in [5.41, 5.74) is 7.98. The molecule has 0 aliphatic carbocycles. The molecule has 0 saturated heterocycles.